The van der Waals surface area contributed by atoms with E-state index in [2.05, 4.69) is 49.7 Å². The van der Waals surface area contributed by atoms with Gasteiger partial charge in [0.25, 0.3) is 0 Å². The Balaban J connectivity index is 2.58. The molecule has 86 valence electrons. The first kappa shape index (κ1) is 11.2. The molecule has 0 amide bonds. The molecule has 1 heterocycles. The van der Waals surface area contributed by atoms with Crippen molar-refractivity contribution in [1.82, 2.24) is 4.57 Å². The predicted octanol–water partition coefficient (Wildman–Crippen LogP) is 2.86. The maximum absolute atomic E-state index is 5.89. The van der Waals surface area contributed by atoms with E-state index in [0.717, 1.165) is 13.0 Å². The van der Waals surface area contributed by atoms with Crippen LogP contribution in [0, 0.1) is 6.92 Å². The Kier molecular flexibility index (Phi) is 3.01. The monoisotopic (exact) mass is 216 g/mol. The Bertz CT molecular complexity index is 495. The Morgan fingerprint density at radius 3 is 2.75 bits per heavy atom. The van der Waals surface area contributed by atoms with Crippen molar-refractivity contribution in [3.8, 4) is 0 Å². The lowest BCUT2D eigenvalue weighted by atomic mass is 10.1. The van der Waals surface area contributed by atoms with Gasteiger partial charge in [-0.3, -0.25) is 0 Å². The van der Waals surface area contributed by atoms with Crippen LogP contribution in [0.25, 0.3) is 10.9 Å². The third-order valence-electron chi connectivity index (χ3n) is 3.00. The first-order valence-corrected chi connectivity index (χ1v) is 5.95. The molecule has 16 heavy (non-hydrogen) atoms. The summed E-state index contributed by atoms with van der Waals surface area (Å²) < 4.78 is 2.31. The summed E-state index contributed by atoms with van der Waals surface area (Å²) in [4.78, 5) is 0. The van der Waals surface area contributed by atoms with Crippen LogP contribution in [0.5, 0.6) is 0 Å². The first-order valence-electron chi connectivity index (χ1n) is 5.95. The van der Waals surface area contributed by atoms with Gasteiger partial charge in [-0.15, -0.1) is 0 Å². The Morgan fingerprint density at radius 1 is 1.38 bits per heavy atom. The summed E-state index contributed by atoms with van der Waals surface area (Å²) in [6, 6.07) is 6.86. The maximum Gasteiger partial charge on any atom is 0.0485 e. The molecule has 1 atom stereocenters. The van der Waals surface area contributed by atoms with Crippen molar-refractivity contribution in [3.05, 3.63) is 35.5 Å². The van der Waals surface area contributed by atoms with Crippen LogP contribution in [0.15, 0.2) is 24.4 Å². The zero-order valence-electron chi connectivity index (χ0n) is 10.3. The molecule has 2 heteroatoms. The molecule has 1 aromatic carbocycles. The van der Waals surface area contributed by atoms with Gasteiger partial charge in [-0.25, -0.2) is 0 Å². The lowest BCUT2D eigenvalue weighted by molar-refractivity contribution is 0.731. The normalized spacial score (nSPS) is 13.2. The molecule has 0 aliphatic heterocycles. The van der Waals surface area contributed by atoms with Gasteiger partial charge in [0.15, 0.2) is 0 Å². The third kappa shape index (κ3) is 1.98. The SMILES string of the molecule is CCn1cc(CC(C)N)c2ccc(C)cc21. The van der Waals surface area contributed by atoms with Gasteiger partial charge in [0.1, 0.15) is 0 Å². The van der Waals surface area contributed by atoms with Crippen molar-refractivity contribution in [2.75, 3.05) is 0 Å². The molecular weight excluding hydrogens is 196 g/mol. The summed E-state index contributed by atoms with van der Waals surface area (Å²) in [7, 11) is 0. The topological polar surface area (TPSA) is 30.9 Å². The van der Waals surface area contributed by atoms with Gasteiger partial charge in [-0.2, -0.15) is 0 Å². The summed E-state index contributed by atoms with van der Waals surface area (Å²) in [5.74, 6) is 0. The summed E-state index contributed by atoms with van der Waals surface area (Å²) in [6.45, 7) is 7.39. The lowest BCUT2D eigenvalue weighted by Crippen LogP contribution is -2.17. The Morgan fingerprint density at radius 2 is 2.12 bits per heavy atom. The van der Waals surface area contributed by atoms with Crippen LogP contribution >= 0.6 is 0 Å². The van der Waals surface area contributed by atoms with Crippen LogP contribution < -0.4 is 5.73 Å². The van der Waals surface area contributed by atoms with Crippen LogP contribution in [0.4, 0.5) is 0 Å². The van der Waals surface area contributed by atoms with Crippen molar-refractivity contribution < 1.29 is 0 Å². The number of rotatable bonds is 3. The van der Waals surface area contributed by atoms with Crippen LogP contribution in [0.2, 0.25) is 0 Å². The summed E-state index contributed by atoms with van der Waals surface area (Å²) in [6.07, 6.45) is 3.19. The van der Waals surface area contributed by atoms with E-state index in [9.17, 15) is 0 Å². The molecule has 1 aromatic heterocycles. The lowest BCUT2D eigenvalue weighted by Gasteiger charge is -2.03. The molecule has 0 spiro atoms. The van der Waals surface area contributed by atoms with E-state index in [1.165, 1.54) is 22.0 Å². The summed E-state index contributed by atoms with van der Waals surface area (Å²) in [5, 5.41) is 1.35. The average Bonchev–Trinajstić information content (AvgIpc) is 2.55. The molecule has 2 nitrogen and oxygen atoms in total. The van der Waals surface area contributed by atoms with Gasteiger partial charge in [0.05, 0.1) is 0 Å². The van der Waals surface area contributed by atoms with E-state index in [1.807, 2.05) is 0 Å². The van der Waals surface area contributed by atoms with Crippen LogP contribution in [0.1, 0.15) is 25.0 Å². The van der Waals surface area contributed by atoms with Crippen molar-refractivity contribution in [2.45, 2.75) is 39.8 Å². The molecule has 2 aromatic rings. The summed E-state index contributed by atoms with van der Waals surface area (Å²) in [5.41, 5.74) is 9.90. The number of hydrogen-bond acceptors (Lipinski definition) is 1. The van der Waals surface area contributed by atoms with Crippen molar-refractivity contribution >= 4 is 10.9 Å². The molecule has 0 saturated carbocycles. The van der Waals surface area contributed by atoms with Gasteiger partial charge >= 0.3 is 0 Å². The van der Waals surface area contributed by atoms with Crippen LogP contribution in [0.3, 0.4) is 0 Å². The average molecular weight is 216 g/mol. The Labute approximate surface area is 97.1 Å². The molecular formula is C14H20N2. The zero-order chi connectivity index (χ0) is 11.7. The van der Waals surface area contributed by atoms with Crippen LogP contribution in [-0.4, -0.2) is 10.6 Å². The smallest absolute Gasteiger partial charge is 0.0485 e. The molecule has 0 aliphatic rings. The number of nitrogens with zero attached hydrogens (tertiary/aromatic N) is 1. The fraction of sp³-hybridized carbons (Fsp3) is 0.429. The third-order valence-corrected chi connectivity index (χ3v) is 3.00. The Hall–Kier alpha value is -1.28. The van der Waals surface area contributed by atoms with E-state index in [0.29, 0.717) is 0 Å². The standard InChI is InChI=1S/C14H20N2/c1-4-16-9-12(8-11(3)15)13-6-5-10(2)7-14(13)16/h5-7,9,11H,4,8,15H2,1-3H3. The second-order valence-electron chi connectivity index (χ2n) is 4.64. The number of aryl methyl sites for hydroxylation is 2. The van der Waals surface area contributed by atoms with Crippen molar-refractivity contribution in [1.29, 1.82) is 0 Å². The van der Waals surface area contributed by atoms with Crippen molar-refractivity contribution in [3.63, 3.8) is 0 Å². The molecule has 1 unspecified atom stereocenters. The van der Waals surface area contributed by atoms with Crippen LogP contribution in [-0.2, 0) is 13.0 Å². The number of fused-ring (bicyclic) bond motifs is 1. The van der Waals surface area contributed by atoms with Crippen molar-refractivity contribution in [2.24, 2.45) is 5.73 Å². The highest BCUT2D eigenvalue weighted by molar-refractivity contribution is 5.84. The minimum Gasteiger partial charge on any atom is -0.347 e. The highest BCUT2D eigenvalue weighted by Crippen LogP contribution is 2.23. The largest absolute Gasteiger partial charge is 0.347 e. The van der Waals surface area contributed by atoms with Gasteiger partial charge in [0.2, 0.25) is 0 Å². The predicted molar refractivity (Wildman–Crippen MR) is 69.7 cm³/mol. The minimum atomic E-state index is 0.220. The highest BCUT2D eigenvalue weighted by Gasteiger charge is 2.08. The molecule has 0 radical (unpaired) electrons. The fourth-order valence-electron chi connectivity index (χ4n) is 2.25. The minimum absolute atomic E-state index is 0.220. The van der Waals surface area contributed by atoms with Gasteiger partial charge < -0.3 is 10.3 Å². The van der Waals surface area contributed by atoms with E-state index in [-0.39, 0.29) is 6.04 Å². The number of aromatic nitrogens is 1. The second-order valence-corrected chi connectivity index (χ2v) is 4.64. The second kappa shape index (κ2) is 4.30. The number of hydrogen-bond donors (Lipinski definition) is 1. The van der Waals surface area contributed by atoms with E-state index in [1.54, 1.807) is 0 Å². The van der Waals surface area contributed by atoms with E-state index >= 15 is 0 Å². The summed E-state index contributed by atoms with van der Waals surface area (Å²) >= 11 is 0. The van der Waals surface area contributed by atoms with E-state index in [4.69, 9.17) is 5.73 Å². The van der Waals surface area contributed by atoms with Gasteiger partial charge in [0, 0.05) is 29.7 Å². The quantitative estimate of drug-likeness (QED) is 0.840. The molecule has 0 bridgehead atoms. The molecule has 2 N–H and O–H groups in total. The maximum atomic E-state index is 5.89. The zero-order valence-corrected chi connectivity index (χ0v) is 10.3. The molecule has 2 rings (SSSR count). The van der Waals surface area contributed by atoms with E-state index < -0.39 is 0 Å². The molecule has 0 fully saturated rings. The van der Waals surface area contributed by atoms with Gasteiger partial charge in [-0.1, -0.05) is 12.1 Å². The number of nitrogens with two attached hydrogens (primary N) is 1. The number of benzene rings is 1. The first-order chi connectivity index (χ1) is 7.61. The van der Waals surface area contributed by atoms with Gasteiger partial charge in [-0.05, 0) is 44.4 Å². The fourth-order valence-corrected chi connectivity index (χ4v) is 2.25. The molecule has 0 saturated heterocycles. The highest BCUT2D eigenvalue weighted by atomic mass is 14.9. The molecule has 0 aliphatic carbocycles.